The van der Waals surface area contributed by atoms with Crippen LogP contribution in [0.1, 0.15) is 61.1 Å². The molecule has 1 saturated carbocycles. The quantitative estimate of drug-likeness (QED) is 0.345. The zero-order valence-corrected chi connectivity index (χ0v) is 18.5. The summed E-state index contributed by atoms with van der Waals surface area (Å²) in [5.41, 5.74) is 1.29. The number of rotatable bonds is 9. The smallest absolute Gasteiger partial charge is 0.298 e. The van der Waals surface area contributed by atoms with Crippen molar-refractivity contribution in [3.63, 3.8) is 0 Å². The van der Waals surface area contributed by atoms with Gasteiger partial charge in [0.2, 0.25) is 5.91 Å². The average molecular weight is 425 g/mol. The first-order chi connectivity index (χ1) is 15.0. The van der Waals surface area contributed by atoms with E-state index in [1.165, 1.54) is 22.8 Å². The van der Waals surface area contributed by atoms with Gasteiger partial charge in [-0.1, -0.05) is 43.2 Å². The molecule has 2 aromatic rings. The second-order valence-corrected chi connectivity index (χ2v) is 8.34. The van der Waals surface area contributed by atoms with Gasteiger partial charge in [-0.25, -0.2) is 0 Å². The molecule has 1 heterocycles. The van der Waals surface area contributed by atoms with Crippen LogP contribution in [0.4, 0.5) is 0 Å². The maximum Gasteiger partial charge on any atom is 0.298 e. The number of likely N-dealkylation sites (N-methyl/N-ethyl adjacent to an activating group) is 2. The van der Waals surface area contributed by atoms with Crippen molar-refractivity contribution in [3.05, 3.63) is 60.1 Å². The molecule has 1 aromatic heterocycles. The molecule has 3 rings (SSSR count). The zero-order valence-electron chi connectivity index (χ0n) is 18.5. The van der Waals surface area contributed by atoms with Crippen LogP contribution >= 0.6 is 0 Å². The number of benzene rings is 1. The minimum absolute atomic E-state index is 0.0482. The number of aryl methyl sites for hydroxylation is 1. The topological polar surface area (TPSA) is 70.8 Å². The molecular weight excluding hydrogens is 392 g/mol. The van der Waals surface area contributed by atoms with Gasteiger partial charge in [-0.2, -0.15) is 0 Å². The van der Waals surface area contributed by atoms with Crippen molar-refractivity contribution in [3.8, 4) is 0 Å². The molecule has 0 N–H and O–H groups in total. The van der Waals surface area contributed by atoms with E-state index < -0.39 is 11.7 Å². The van der Waals surface area contributed by atoms with Gasteiger partial charge >= 0.3 is 0 Å². The fourth-order valence-electron chi connectivity index (χ4n) is 4.43. The van der Waals surface area contributed by atoms with Crippen LogP contribution in [0.25, 0.3) is 0 Å². The number of carbonyl (C=O) groups is 3. The molecule has 6 heteroatoms. The fourth-order valence-corrected chi connectivity index (χ4v) is 4.43. The van der Waals surface area contributed by atoms with Crippen LogP contribution < -0.4 is 0 Å². The Balaban J connectivity index is 1.55. The zero-order chi connectivity index (χ0) is 22.2. The summed E-state index contributed by atoms with van der Waals surface area (Å²) in [6.45, 7) is 0. The van der Waals surface area contributed by atoms with Crippen LogP contribution in [0.15, 0.2) is 53.1 Å². The van der Waals surface area contributed by atoms with Gasteiger partial charge in [0.25, 0.3) is 11.7 Å². The Bertz CT molecular complexity index is 863. The summed E-state index contributed by atoms with van der Waals surface area (Å²) < 4.78 is 5.09. The van der Waals surface area contributed by atoms with E-state index in [4.69, 9.17) is 4.42 Å². The van der Waals surface area contributed by atoms with E-state index in [0.29, 0.717) is 6.42 Å². The van der Waals surface area contributed by atoms with Gasteiger partial charge in [0.05, 0.1) is 18.3 Å². The normalized spacial score (nSPS) is 18.4. The van der Waals surface area contributed by atoms with Gasteiger partial charge in [-0.3, -0.25) is 14.4 Å². The summed E-state index contributed by atoms with van der Waals surface area (Å²) in [6, 6.07) is 13.1. The number of furan rings is 1. The highest BCUT2D eigenvalue weighted by atomic mass is 16.3. The number of ketones is 1. The first-order valence-corrected chi connectivity index (χ1v) is 11.1. The Morgan fingerprint density at radius 3 is 2.23 bits per heavy atom. The Hall–Kier alpha value is -2.89. The molecule has 6 nitrogen and oxygen atoms in total. The third-order valence-electron chi connectivity index (χ3n) is 6.29. The standard InChI is InChI=1S/C25H32N2O4/c1-26(23(28)17-9-6-13-19-11-4-3-5-12-19)20-14-7-8-15-21(20)27(2)25(30)24(29)22-16-10-18-31-22/h3-5,10-12,16,18,20-21H,6-9,13-15,17H2,1-2H3/t20?,21-/m1/s1. The molecule has 166 valence electrons. The lowest BCUT2D eigenvalue weighted by atomic mass is 9.88. The number of unbranched alkanes of at least 4 members (excludes halogenated alkanes) is 1. The lowest BCUT2D eigenvalue weighted by Crippen LogP contribution is -2.55. The molecule has 0 bridgehead atoms. The molecule has 1 aromatic carbocycles. The Morgan fingerprint density at radius 1 is 0.903 bits per heavy atom. The third-order valence-corrected chi connectivity index (χ3v) is 6.29. The van der Waals surface area contributed by atoms with Crippen molar-refractivity contribution >= 4 is 17.6 Å². The summed E-state index contributed by atoms with van der Waals surface area (Å²) in [5, 5.41) is 0. The highest BCUT2D eigenvalue weighted by molar-refractivity contribution is 6.41. The van der Waals surface area contributed by atoms with E-state index in [2.05, 4.69) is 12.1 Å². The lowest BCUT2D eigenvalue weighted by Gasteiger charge is -2.42. The monoisotopic (exact) mass is 424 g/mol. The second kappa shape index (κ2) is 10.9. The largest absolute Gasteiger partial charge is 0.461 e. The summed E-state index contributed by atoms with van der Waals surface area (Å²) >= 11 is 0. The number of Topliss-reactive ketones (excluding diaryl/α,β-unsaturated/α-hetero) is 1. The van der Waals surface area contributed by atoms with Gasteiger partial charge in [0.1, 0.15) is 0 Å². The Labute approximate surface area is 184 Å². The van der Waals surface area contributed by atoms with Crippen molar-refractivity contribution in [2.75, 3.05) is 14.1 Å². The summed E-state index contributed by atoms with van der Waals surface area (Å²) in [6.07, 6.45) is 8.26. The predicted octanol–water partition coefficient (Wildman–Crippen LogP) is 4.10. The molecule has 0 saturated heterocycles. The van der Waals surface area contributed by atoms with E-state index in [1.54, 1.807) is 18.0 Å². The SMILES string of the molecule is CN(C(=O)CCCCc1ccccc1)C1CCCC[C@H]1N(C)C(=O)C(=O)c1ccco1. The van der Waals surface area contributed by atoms with Crippen molar-refractivity contribution in [2.45, 2.75) is 63.5 Å². The molecule has 1 aliphatic carbocycles. The molecule has 1 fully saturated rings. The first-order valence-electron chi connectivity index (χ1n) is 11.1. The lowest BCUT2D eigenvalue weighted by molar-refractivity contribution is -0.138. The number of nitrogens with zero attached hydrogens (tertiary/aromatic N) is 2. The fraction of sp³-hybridized carbons (Fsp3) is 0.480. The highest BCUT2D eigenvalue weighted by Gasteiger charge is 2.37. The van der Waals surface area contributed by atoms with Gasteiger partial charge in [-0.05, 0) is 49.8 Å². The molecular formula is C25H32N2O4. The van der Waals surface area contributed by atoms with Crippen LogP contribution in [-0.2, 0) is 16.0 Å². The number of amides is 2. The maximum absolute atomic E-state index is 12.9. The number of carbonyl (C=O) groups excluding carboxylic acids is 3. The minimum Gasteiger partial charge on any atom is -0.461 e. The van der Waals surface area contributed by atoms with Crippen molar-refractivity contribution in [2.24, 2.45) is 0 Å². The minimum atomic E-state index is -0.647. The van der Waals surface area contributed by atoms with Gasteiger partial charge in [0.15, 0.2) is 5.76 Å². The molecule has 0 aliphatic heterocycles. The van der Waals surface area contributed by atoms with Crippen LogP contribution in [0.2, 0.25) is 0 Å². The third kappa shape index (κ3) is 5.84. The van der Waals surface area contributed by atoms with Crippen molar-refractivity contribution < 1.29 is 18.8 Å². The second-order valence-electron chi connectivity index (χ2n) is 8.34. The molecule has 31 heavy (non-hydrogen) atoms. The van der Waals surface area contributed by atoms with E-state index in [9.17, 15) is 14.4 Å². The average Bonchev–Trinajstić information content (AvgIpc) is 3.35. The predicted molar refractivity (Wildman–Crippen MR) is 119 cm³/mol. The summed E-state index contributed by atoms with van der Waals surface area (Å²) in [5.74, 6) is -1.09. The molecule has 2 atom stereocenters. The van der Waals surface area contributed by atoms with E-state index in [-0.39, 0.29) is 23.8 Å². The molecule has 1 unspecified atom stereocenters. The number of hydrogen-bond donors (Lipinski definition) is 0. The van der Waals surface area contributed by atoms with Gasteiger partial charge in [-0.15, -0.1) is 0 Å². The molecule has 1 aliphatic rings. The van der Waals surface area contributed by atoms with Crippen LogP contribution in [0.3, 0.4) is 0 Å². The van der Waals surface area contributed by atoms with E-state index in [1.807, 2.05) is 25.2 Å². The van der Waals surface area contributed by atoms with Crippen LogP contribution in [-0.4, -0.2) is 53.6 Å². The maximum atomic E-state index is 12.9. The van der Waals surface area contributed by atoms with Crippen LogP contribution in [0.5, 0.6) is 0 Å². The van der Waals surface area contributed by atoms with Crippen LogP contribution in [0, 0.1) is 0 Å². The van der Waals surface area contributed by atoms with Gasteiger partial charge in [0, 0.05) is 20.5 Å². The van der Waals surface area contributed by atoms with Gasteiger partial charge < -0.3 is 14.2 Å². The molecule has 0 radical (unpaired) electrons. The summed E-state index contributed by atoms with van der Waals surface area (Å²) in [4.78, 5) is 41.3. The molecule has 0 spiro atoms. The Kier molecular flexibility index (Phi) is 8.04. The van der Waals surface area contributed by atoms with Crippen molar-refractivity contribution in [1.29, 1.82) is 0 Å². The van der Waals surface area contributed by atoms with Crippen molar-refractivity contribution in [1.82, 2.24) is 9.80 Å². The number of hydrogen-bond acceptors (Lipinski definition) is 4. The summed E-state index contributed by atoms with van der Waals surface area (Å²) in [7, 11) is 3.49. The van der Waals surface area contributed by atoms with E-state index in [0.717, 1.165) is 44.9 Å². The highest BCUT2D eigenvalue weighted by Crippen LogP contribution is 2.27. The Morgan fingerprint density at radius 2 is 1.58 bits per heavy atom. The first kappa shape index (κ1) is 22.8. The van der Waals surface area contributed by atoms with E-state index >= 15 is 0 Å². The molecule has 2 amide bonds.